The molecule has 4 N–H and O–H groups in total. The summed E-state index contributed by atoms with van der Waals surface area (Å²) in [4.78, 5) is 8.62. The van der Waals surface area contributed by atoms with Crippen LogP contribution in [0.2, 0.25) is 0 Å². The molecule has 1 heterocycles. The van der Waals surface area contributed by atoms with Gasteiger partial charge in [-0.3, -0.25) is 0 Å². The fraction of sp³-hybridized carbons (Fsp3) is 0.714. The highest BCUT2D eigenvalue weighted by molar-refractivity contribution is 5.57. The molecule has 2 unspecified atom stereocenters. The van der Waals surface area contributed by atoms with E-state index in [9.17, 15) is 0 Å². The number of nitrogens with zero attached hydrogens (tertiary/aromatic N) is 2. The van der Waals surface area contributed by atoms with Crippen molar-refractivity contribution in [2.45, 2.75) is 58.4 Å². The van der Waals surface area contributed by atoms with E-state index >= 15 is 0 Å². The number of nitrogens with one attached hydrogen (secondary N) is 2. The lowest BCUT2D eigenvalue weighted by Gasteiger charge is -2.30. The predicted octanol–water partition coefficient (Wildman–Crippen LogP) is 2.71. The fourth-order valence-electron chi connectivity index (χ4n) is 2.85. The molecule has 0 radical (unpaired) electrons. The van der Waals surface area contributed by atoms with Crippen molar-refractivity contribution >= 4 is 11.6 Å². The predicted molar refractivity (Wildman–Crippen MR) is 78.9 cm³/mol. The van der Waals surface area contributed by atoms with Crippen LogP contribution in [0.25, 0.3) is 0 Å². The minimum absolute atomic E-state index is 0.518. The van der Waals surface area contributed by atoms with E-state index in [2.05, 4.69) is 34.6 Å². The van der Waals surface area contributed by atoms with Gasteiger partial charge < -0.3 is 10.7 Å². The first kappa shape index (κ1) is 14.1. The van der Waals surface area contributed by atoms with Gasteiger partial charge in [-0.15, -0.1) is 0 Å². The third-order valence-electron chi connectivity index (χ3n) is 4.02. The topological polar surface area (TPSA) is 75.9 Å². The summed E-state index contributed by atoms with van der Waals surface area (Å²) in [6, 6.07) is 0.518. The van der Waals surface area contributed by atoms with Crippen LogP contribution in [0.5, 0.6) is 0 Å². The first-order chi connectivity index (χ1) is 9.26. The van der Waals surface area contributed by atoms with Crippen molar-refractivity contribution in [3.05, 3.63) is 11.9 Å². The van der Waals surface area contributed by atoms with E-state index in [-0.39, 0.29) is 0 Å². The van der Waals surface area contributed by atoms with E-state index in [4.69, 9.17) is 5.84 Å². The van der Waals surface area contributed by atoms with Gasteiger partial charge in [0, 0.05) is 11.6 Å². The van der Waals surface area contributed by atoms with Gasteiger partial charge in [-0.1, -0.05) is 33.1 Å². The molecule has 1 aliphatic carbocycles. The van der Waals surface area contributed by atoms with Crippen molar-refractivity contribution in [2.75, 3.05) is 10.7 Å². The van der Waals surface area contributed by atoms with Crippen molar-refractivity contribution < 1.29 is 0 Å². The van der Waals surface area contributed by atoms with Crippen molar-refractivity contribution in [2.24, 2.45) is 11.8 Å². The minimum Gasteiger partial charge on any atom is -0.367 e. The van der Waals surface area contributed by atoms with Gasteiger partial charge in [-0.05, 0) is 25.2 Å². The van der Waals surface area contributed by atoms with Crippen LogP contribution in [-0.4, -0.2) is 16.0 Å². The number of aromatic nitrogens is 2. The SMILES string of the molecule is CCCc1c(NN)ncnc1NC1CCCCC1C. The van der Waals surface area contributed by atoms with E-state index < -0.39 is 0 Å². The number of anilines is 2. The number of rotatable bonds is 5. The van der Waals surface area contributed by atoms with Crippen LogP contribution in [0.15, 0.2) is 6.33 Å². The fourth-order valence-corrected chi connectivity index (χ4v) is 2.85. The molecule has 5 nitrogen and oxygen atoms in total. The summed E-state index contributed by atoms with van der Waals surface area (Å²) in [5.41, 5.74) is 3.78. The maximum absolute atomic E-state index is 5.54. The molecule has 1 aliphatic rings. The van der Waals surface area contributed by atoms with Crippen LogP contribution in [-0.2, 0) is 6.42 Å². The normalized spacial score (nSPS) is 23.1. The molecule has 1 fully saturated rings. The highest BCUT2D eigenvalue weighted by atomic mass is 15.3. The molecule has 19 heavy (non-hydrogen) atoms. The monoisotopic (exact) mass is 263 g/mol. The van der Waals surface area contributed by atoms with Gasteiger partial charge in [0.2, 0.25) is 0 Å². The van der Waals surface area contributed by atoms with Gasteiger partial charge in [-0.2, -0.15) is 0 Å². The molecule has 0 spiro atoms. The van der Waals surface area contributed by atoms with Crippen molar-refractivity contribution in [1.82, 2.24) is 9.97 Å². The van der Waals surface area contributed by atoms with E-state index in [1.54, 1.807) is 6.33 Å². The summed E-state index contributed by atoms with van der Waals surface area (Å²) in [6.07, 6.45) is 8.74. The zero-order valence-electron chi connectivity index (χ0n) is 11.9. The van der Waals surface area contributed by atoms with Crippen LogP contribution < -0.4 is 16.6 Å². The highest BCUT2D eigenvalue weighted by Crippen LogP contribution is 2.29. The molecular formula is C14H25N5. The van der Waals surface area contributed by atoms with Gasteiger partial charge in [0.15, 0.2) is 0 Å². The molecule has 1 aromatic rings. The standard InChI is InChI=1S/C14H25N5/c1-3-6-11-13(16-9-17-14(11)19-15)18-12-8-5-4-7-10(12)2/h9-10,12H,3-8,15H2,1-2H3,(H2,16,17,18,19). The summed E-state index contributed by atoms with van der Waals surface area (Å²) in [5.74, 6) is 7.93. The molecule has 2 rings (SSSR count). The Hall–Kier alpha value is -1.36. The molecule has 0 aromatic carbocycles. The van der Waals surface area contributed by atoms with Gasteiger partial charge in [0.1, 0.15) is 18.0 Å². The van der Waals surface area contributed by atoms with E-state index in [1.807, 2.05) is 0 Å². The average molecular weight is 263 g/mol. The van der Waals surface area contributed by atoms with Crippen LogP contribution in [0.1, 0.15) is 51.5 Å². The molecule has 5 heteroatoms. The number of hydrogen-bond acceptors (Lipinski definition) is 5. The lowest BCUT2D eigenvalue weighted by atomic mass is 9.86. The maximum Gasteiger partial charge on any atom is 0.148 e. The molecule has 0 aliphatic heterocycles. The average Bonchev–Trinajstić information content (AvgIpc) is 2.43. The number of hydrazine groups is 1. The molecular weight excluding hydrogens is 238 g/mol. The minimum atomic E-state index is 0.518. The van der Waals surface area contributed by atoms with E-state index in [1.165, 1.54) is 25.7 Å². The molecule has 1 saturated carbocycles. The van der Waals surface area contributed by atoms with E-state index in [0.717, 1.165) is 30.0 Å². The Labute approximate surface area is 115 Å². The summed E-state index contributed by atoms with van der Waals surface area (Å²) in [6.45, 7) is 4.47. The molecule has 0 amide bonds. The molecule has 2 atom stereocenters. The van der Waals surface area contributed by atoms with Crippen LogP contribution in [0, 0.1) is 5.92 Å². The Kier molecular flexibility index (Phi) is 4.96. The number of nitrogens with two attached hydrogens (primary N) is 1. The van der Waals surface area contributed by atoms with Crippen LogP contribution in [0.3, 0.4) is 0 Å². The second-order valence-electron chi connectivity index (χ2n) is 5.46. The largest absolute Gasteiger partial charge is 0.367 e. The molecule has 106 valence electrons. The Bertz CT molecular complexity index is 407. The van der Waals surface area contributed by atoms with Crippen molar-refractivity contribution in [1.29, 1.82) is 0 Å². The quantitative estimate of drug-likeness (QED) is 0.562. The second kappa shape index (κ2) is 6.70. The van der Waals surface area contributed by atoms with Gasteiger partial charge >= 0.3 is 0 Å². The first-order valence-corrected chi connectivity index (χ1v) is 7.33. The van der Waals surface area contributed by atoms with Gasteiger partial charge in [0.25, 0.3) is 0 Å². The molecule has 0 bridgehead atoms. The first-order valence-electron chi connectivity index (χ1n) is 7.33. The summed E-state index contributed by atoms with van der Waals surface area (Å²) >= 11 is 0. The number of hydrogen-bond donors (Lipinski definition) is 3. The third-order valence-corrected chi connectivity index (χ3v) is 4.02. The lowest BCUT2D eigenvalue weighted by molar-refractivity contribution is 0.349. The Morgan fingerprint density at radius 1 is 1.26 bits per heavy atom. The lowest BCUT2D eigenvalue weighted by Crippen LogP contribution is -2.31. The van der Waals surface area contributed by atoms with Crippen LogP contribution in [0.4, 0.5) is 11.6 Å². The second-order valence-corrected chi connectivity index (χ2v) is 5.46. The summed E-state index contributed by atoms with van der Waals surface area (Å²) in [5, 5.41) is 3.61. The Balaban J connectivity index is 2.18. The van der Waals surface area contributed by atoms with Gasteiger partial charge in [0.05, 0.1) is 0 Å². The highest BCUT2D eigenvalue weighted by Gasteiger charge is 2.22. The smallest absolute Gasteiger partial charge is 0.148 e. The van der Waals surface area contributed by atoms with E-state index in [0.29, 0.717) is 12.0 Å². The van der Waals surface area contributed by atoms with Crippen molar-refractivity contribution in [3.63, 3.8) is 0 Å². The maximum atomic E-state index is 5.54. The van der Waals surface area contributed by atoms with Crippen molar-refractivity contribution in [3.8, 4) is 0 Å². The Morgan fingerprint density at radius 2 is 2.00 bits per heavy atom. The molecule has 0 saturated heterocycles. The van der Waals surface area contributed by atoms with Crippen LogP contribution >= 0.6 is 0 Å². The zero-order valence-corrected chi connectivity index (χ0v) is 11.9. The van der Waals surface area contributed by atoms with Gasteiger partial charge in [-0.25, -0.2) is 15.8 Å². The molecule has 1 aromatic heterocycles. The zero-order chi connectivity index (χ0) is 13.7. The summed E-state index contributed by atoms with van der Waals surface area (Å²) < 4.78 is 0. The Morgan fingerprint density at radius 3 is 2.68 bits per heavy atom. The number of nitrogen functional groups attached to an aromatic ring is 1. The third kappa shape index (κ3) is 3.35. The summed E-state index contributed by atoms with van der Waals surface area (Å²) in [7, 11) is 0.